The van der Waals surface area contributed by atoms with Crippen molar-refractivity contribution in [1.82, 2.24) is 9.29 Å². The van der Waals surface area contributed by atoms with Crippen molar-refractivity contribution in [3.63, 3.8) is 0 Å². The molecule has 1 amide bonds. The molecule has 1 fully saturated rings. The smallest absolute Gasteiger partial charge is 0.244 e. The number of rotatable bonds is 5. The molecular weight excluding hydrogens is 370 g/mol. The second-order valence-electron chi connectivity index (χ2n) is 6.09. The van der Waals surface area contributed by atoms with Crippen molar-refractivity contribution in [2.75, 3.05) is 24.7 Å². The molecule has 1 N–H and O–H groups in total. The second-order valence-corrected chi connectivity index (χ2v) is 8.91. The van der Waals surface area contributed by atoms with E-state index in [2.05, 4.69) is 10.3 Å². The minimum atomic E-state index is -3.54. The number of thioether (sulfide) groups is 1. The van der Waals surface area contributed by atoms with Crippen LogP contribution in [0.1, 0.15) is 12.8 Å². The summed E-state index contributed by atoms with van der Waals surface area (Å²) in [5.74, 6) is -0.241. The fourth-order valence-electron chi connectivity index (χ4n) is 2.95. The largest absolute Gasteiger partial charge is 0.326 e. The lowest BCUT2D eigenvalue weighted by molar-refractivity contribution is -0.120. The fraction of sp³-hybridized carbons (Fsp3) is 0.333. The Morgan fingerprint density at radius 1 is 1.23 bits per heavy atom. The van der Waals surface area contributed by atoms with Gasteiger partial charge in [0.15, 0.2) is 0 Å². The lowest BCUT2D eigenvalue weighted by Crippen LogP contribution is -2.41. The summed E-state index contributed by atoms with van der Waals surface area (Å²) in [5, 5.41) is 2.94. The molecule has 0 unspecified atom stereocenters. The first-order chi connectivity index (χ1) is 12.5. The van der Waals surface area contributed by atoms with Crippen molar-refractivity contribution < 1.29 is 13.2 Å². The van der Waals surface area contributed by atoms with Gasteiger partial charge in [-0.1, -0.05) is 6.07 Å². The van der Waals surface area contributed by atoms with Crippen LogP contribution < -0.4 is 5.32 Å². The Morgan fingerprint density at radius 2 is 2.00 bits per heavy atom. The van der Waals surface area contributed by atoms with Gasteiger partial charge in [-0.05, 0) is 49.4 Å². The van der Waals surface area contributed by atoms with Crippen LogP contribution in [-0.4, -0.2) is 43.0 Å². The van der Waals surface area contributed by atoms with Crippen LogP contribution in [0, 0.1) is 5.92 Å². The van der Waals surface area contributed by atoms with Gasteiger partial charge in [0.2, 0.25) is 15.9 Å². The lowest BCUT2D eigenvalue weighted by Gasteiger charge is -2.30. The van der Waals surface area contributed by atoms with Crippen molar-refractivity contribution >= 4 is 33.4 Å². The molecule has 138 valence electrons. The number of nitrogens with one attached hydrogen (secondary N) is 1. The van der Waals surface area contributed by atoms with Gasteiger partial charge in [-0.3, -0.25) is 9.78 Å². The van der Waals surface area contributed by atoms with Crippen LogP contribution in [0.3, 0.4) is 0 Å². The maximum Gasteiger partial charge on any atom is 0.244 e. The topological polar surface area (TPSA) is 79.4 Å². The minimum Gasteiger partial charge on any atom is -0.326 e. The number of pyridine rings is 1. The monoisotopic (exact) mass is 391 g/mol. The van der Waals surface area contributed by atoms with Gasteiger partial charge < -0.3 is 5.32 Å². The van der Waals surface area contributed by atoms with E-state index in [4.69, 9.17) is 0 Å². The summed E-state index contributed by atoms with van der Waals surface area (Å²) >= 11 is 1.62. The third kappa shape index (κ3) is 4.25. The third-order valence-electron chi connectivity index (χ3n) is 4.43. The predicted molar refractivity (Wildman–Crippen MR) is 103 cm³/mol. The molecule has 1 aromatic heterocycles. The molecule has 0 spiro atoms. The average molecular weight is 392 g/mol. The molecule has 1 aliphatic heterocycles. The molecule has 0 atom stereocenters. The number of hydrogen-bond acceptors (Lipinski definition) is 5. The van der Waals surface area contributed by atoms with Crippen LogP contribution in [0.2, 0.25) is 0 Å². The lowest BCUT2D eigenvalue weighted by atomic mass is 9.97. The Hall–Kier alpha value is -1.90. The van der Waals surface area contributed by atoms with Crippen molar-refractivity contribution in [3.05, 3.63) is 48.8 Å². The number of sulfonamides is 1. The van der Waals surface area contributed by atoms with Crippen molar-refractivity contribution in [2.24, 2.45) is 5.92 Å². The summed E-state index contributed by atoms with van der Waals surface area (Å²) in [6.07, 6.45) is 5.90. The number of amides is 1. The highest BCUT2D eigenvalue weighted by molar-refractivity contribution is 7.98. The first kappa shape index (κ1) is 18.9. The van der Waals surface area contributed by atoms with Gasteiger partial charge >= 0.3 is 0 Å². The van der Waals surface area contributed by atoms with Crippen LogP contribution in [0.15, 0.2) is 58.6 Å². The predicted octanol–water partition coefficient (Wildman–Crippen LogP) is 2.84. The third-order valence-corrected chi connectivity index (χ3v) is 7.04. The van der Waals surface area contributed by atoms with E-state index >= 15 is 0 Å². The summed E-state index contributed by atoms with van der Waals surface area (Å²) in [7, 11) is -3.54. The average Bonchev–Trinajstić information content (AvgIpc) is 2.69. The van der Waals surface area contributed by atoms with Crippen LogP contribution in [-0.2, 0) is 14.8 Å². The van der Waals surface area contributed by atoms with E-state index in [0.29, 0.717) is 25.9 Å². The fourth-order valence-corrected chi connectivity index (χ4v) is 4.85. The number of benzene rings is 1. The first-order valence-corrected chi connectivity index (χ1v) is 11.0. The van der Waals surface area contributed by atoms with Crippen LogP contribution in [0.5, 0.6) is 0 Å². The molecule has 3 rings (SSSR count). The molecule has 8 heteroatoms. The first-order valence-electron chi connectivity index (χ1n) is 8.36. The SMILES string of the molecule is CSc1cccc(NC(=O)C2CCN(S(=O)(=O)c3cccnc3)CC2)c1. The number of piperidine rings is 1. The highest BCUT2D eigenvalue weighted by Crippen LogP contribution is 2.25. The van der Waals surface area contributed by atoms with E-state index in [0.717, 1.165) is 10.6 Å². The van der Waals surface area contributed by atoms with Gasteiger partial charge in [0.25, 0.3) is 0 Å². The summed E-state index contributed by atoms with van der Waals surface area (Å²) in [5.41, 5.74) is 0.771. The van der Waals surface area contributed by atoms with Crippen LogP contribution in [0.25, 0.3) is 0 Å². The number of nitrogens with zero attached hydrogens (tertiary/aromatic N) is 2. The highest BCUT2D eigenvalue weighted by Gasteiger charge is 2.32. The molecule has 6 nitrogen and oxygen atoms in total. The van der Waals surface area contributed by atoms with E-state index < -0.39 is 10.0 Å². The Bertz CT molecular complexity index is 864. The standard InChI is InChI=1S/C18H21N3O3S2/c1-25-16-5-2-4-15(12-16)20-18(22)14-7-10-21(11-8-14)26(23,24)17-6-3-9-19-13-17/h2-6,9,12-14H,7-8,10-11H2,1H3,(H,20,22). The number of aromatic nitrogens is 1. The number of carbonyl (C=O) groups excluding carboxylic acids is 1. The molecule has 2 aromatic rings. The highest BCUT2D eigenvalue weighted by atomic mass is 32.2. The molecule has 0 saturated carbocycles. The quantitative estimate of drug-likeness (QED) is 0.793. The number of anilines is 1. The molecule has 26 heavy (non-hydrogen) atoms. The molecule has 2 heterocycles. The van der Waals surface area contributed by atoms with Gasteiger partial charge in [-0.25, -0.2) is 8.42 Å². The van der Waals surface area contributed by atoms with Crippen LogP contribution in [0.4, 0.5) is 5.69 Å². The van der Waals surface area contributed by atoms with E-state index in [1.165, 1.54) is 10.5 Å². The van der Waals surface area contributed by atoms with Crippen molar-refractivity contribution in [1.29, 1.82) is 0 Å². The van der Waals surface area contributed by atoms with Gasteiger partial charge in [0.05, 0.1) is 0 Å². The van der Waals surface area contributed by atoms with E-state index in [1.54, 1.807) is 30.1 Å². The number of carbonyl (C=O) groups is 1. The van der Waals surface area contributed by atoms with E-state index in [1.807, 2.05) is 30.5 Å². The van der Waals surface area contributed by atoms with Gasteiger partial charge in [0.1, 0.15) is 4.90 Å². The summed E-state index contributed by atoms with van der Waals surface area (Å²) in [6.45, 7) is 0.667. The molecule has 1 saturated heterocycles. The second kappa shape index (κ2) is 8.20. The maximum absolute atomic E-state index is 12.6. The molecule has 0 radical (unpaired) electrons. The Morgan fingerprint density at radius 3 is 2.65 bits per heavy atom. The zero-order valence-electron chi connectivity index (χ0n) is 14.5. The molecule has 0 aliphatic carbocycles. The molecular formula is C18H21N3O3S2. The zero-order chi connectivity index (χ0) is 18.6. The Labute approximate surface area is 158 Å². The normalized spacial score (nSPS) is 16.3. The van der Waals surface area contributed by atoms with Gasteiger partial charge in [0, 0.05) is 42.0 Å². The Kier molecular flexibility index (Phi) is 5.95. The maximum atomic E-state index is 12.6. The van der Waals surface area contributed by atoms with Crippen molar-refractivity contribution in [3.8, 4) is 0 Å². The number of hydrogen-bond donors (Lipinski definition) is 1. The molecule has 1 aliphatic rings. The zero-order valence-corrected chi connectivity index (χ0v) is 16.1. The summed E-state index contributed by atoms with van der Waals surface area (Å²) in [4.78, 5) is 17.7. The minimum absolute atomic E-state index is 0.0540. The molecule has 0 bridgehead atoms. The van der Waals surface area contributed by atoms with Crippen LogP contribution >= 0.6 is 11.8 Å². The van der Waals surface area contributed by atoms with Gasteiger partial charge in [-0.2, -0.15) is 4.31 Å². The van der Waals surface area contributed by atoms with Gasteiger partial charge in [-0.15, -0.1) is 11.8 Å². The van der Waals surface area contributed by atoms with E-state index in [-0.39, 0.29) is 16.7 Å². The Balaban J connectivity index is 1.60. The van der Waals surface area contributed by atoms with E-state index in [9.17, 15) is 13.2 Å². The van der Waals surface area contributed by atoms with Crippen molar-refractivity contribution in [2.45, 2.75) is 22.6 Å². The summed E-state index contributed by atoms with van der Waals surface area (Å²) in [6, 6.07) is 10.8. The molecule has 1 aromatic carbocycles. The summed E-state index contributed by atoms with van der Waals surface area (Å²) < 4.78 is 26.6.